The van der Waals surface area contributed by atoms with Crippen molar-refractivity contribution in [1.29, 1.82) is 0 Å². The Bertz CT molecular complexity index is 649. The lowest BCUT2D eigenvalue weighted by molar-refractivity contribution is 0.320. The van der Waals surface area contributed by atoms with Crippen molar-refractivity contribution in [1.82, 2.24) is 4.31 Å². The number of isocyanates is 1. The Morgan fingerprint density at radius 3 is 2.40 bits per heavy atom. The van der Waals surface area contributed by atoms with E-state index in [1.54, 1.807) is 0 Å². The predicted octanol–water partition coefficient (Wildman–Crippen LogP) is 2.48. The monoisotopic (exact) mass is 334 g/mol. The summed E-state index contributed by atoms with van der Waals surface area (Å²) in [5, 5.41) is 0.512. The molecule has 108 valence electrons. The molecule has 0 radical (unpaired) electrons. The fourth-order valence-electron chi connectivity index (χ4n) is 2.07. The number of sulfonamides is 1. The summed E-state index contributed by atoms with van der Waals surface area (Å²) >= 11 is 11.6. The zero-order chi connectivity index (χ0) is 14.8. The normalized spacial score (nSPS) is 17.7. The molecule has 0 N–H and O–H groups in total. The molecule has 2 rings (SSSR count). The topological polar surface area (TPSA) is 66.8 Å². The zero-order valence-corrected chi connectivity index (χ0v) is 12.7. The molecule has 1 aromatic rings. The van der Waals surface area contributed by atoms with Crippen molar-refractivity contribution < 1.29 is 13.2 Å². The molecule has 0 aliphatic carbocycles. The van der Waals surface area contributed by atoms with E-state index in [9.17, 15) is 13.2 Å². The molecule has 0 bridgehead atoms. The van der Waals surface area contributed by atoms with Gasteiger partial charge in [0.15, 0.2) is 0 Å². The third kappa shape index (κ3) is 3.22. The number of piperidine rings is 1. The summed E-state index contributed by atoms with van der Waals surface area (Å²) < 4.78 is 26.2. The van der Waals surface area contributed by atoms with Gasteiger partial charge in [-0.05, 0) is 31.0 Å². The molecule has 20 heavy (non-hydrogen) atoms. The molecular weight excluding hydrogens is 323 g/mol. The number of carbonyl (C=O) groups excluding carboxylic acids is 1. The maximum atomic E-state index is 12.4. The van der Waals surface area contributed by atoms with Crippen LogP contribution in [0.5, 0.6) is 0 Å². The van der Waals surface area contributed by atoms with Gasteiger partial charge in [0, 0.05) is 13.1 Å². The van der Waals surface area contributed by atoms with Gasteiger partial charge in [0.2, 0.25) is 16.1 Å². The first kappa shape index (κ1) is 15.5. The molecule has 0 unspecified atom stereocenters. The second-order valence-corrected chi connectivity index (χ2v) is 7.18. The van der Waals surface area contributed by atoms with E-state index in [0.29, 0.717) is 31.0 Å². The van der Waals surface area contributed by atoms with Crippen molar-refractivity contribution in [2.24, 2.45) is 4.99 Å². The lowest BCUT2D eigenvalue weighted by Gasteiger charge is -2.28. The smallest absolute Gasteiger partial charge is 0.211 e. The first-order valence-electron chi connectivity index (χ1n) is 5.97. The first-order valence-corrected chi connectivity index (χ1v) is 8.17. The van der Waals surface area contributed by atoms with Crippen molar-refractivity contribution in [3.63, 3.8) is 0 Å². The Morgan fingerprint density at radius 1 is 1.20 bits per heavy atom. The van der Waals surface area contributed by atoms with Crippen molar-refractivity contribution in [2.75, 3.05) is 13.1 Å². The summed E-state index contributed by atoms with van der Waals surface area (Å²) in [6.45, 7) is 0.636. The highest BCUT2D eigenvalue weighted by Crippen LogP contribution is 2.28. The summed E-state index contributed by atoms with van der Waals surface area (Å²) in [6.07, 6.45) is 2.53. The Kier molecular flexibility index (Phi) is 4.83. The number of hydrogen-bond acceptors (Lipinski definition) is 4. The van der Waals surface area contributed by atoms with Crippen LogP contribution in [0.4, 0.5) is 0 Å². The van der Waals surface area contributed by atoms with Gasteiger partial charge < -0.3 is 0 Å². The second kappa shape index (κ2) is 6.24. The molecule has 0 saturated carbocycles. The summed E-state index contributed by atoms with van der Waals surface area (Å²) in [4.78, 5) is 13.9. The van der Waals surface area contributed by atoms with E-state index >= 15 is 0 Å². The van der Waals surface area contributed by atoms with Crippen LogP contribution in [-0.4, -0.2) is 37.9 Å². The van der Waals surface area contributed by atoms with Crippen LogP contribution in [0.1, 0.15) is 12.8 Å². The standard InChI is InChI=1S/C12H12Cl2N2O3S/c13-11-2-1-10(7-12(11)14)20(18,19)16-5-3-9(4-6-16)15-8-17/h1-2,7,9H,3-6H2. The van der Waals surface area contributed by atoms with Crippen LogP contribution in [0.25, 0.3) is 0 Å². The van der Waals surface area contributed by atoms with Crippen molar-refractivity contribution in [3.8, 4) is 0 Å². The third-order valence-electron chi connectivity index (χ3n) is 3.19. The van der Waals surface area contributed by atoms with Crippen molar-refractivity contribution >= 4 is 39.3 Å². The summed E-state index contributed by atoms with van der Waals surface area (Å²) in [5.74, 6) is 0. The molecule has 0 atom stereocenters. The van der Waals surface area contributed by atoms with Gasteiger partial charge in [-0.15, -0.1) is 0 Å². The van der Waals surface area contributed by atoms with E-state index in [-0.39, 0.29) is 16.0 Å². The fraction of sp³-hybridized carbons (Fsp3) is 0.417. The lowest BCUT2D eigenvalue weighted by Crippen LogP contribution is -2.39. The van der Waals surface area contributed by atoms with E-state index in [1.807, 2.05) is 0 Å². The maximum absolute atomic E-state index is 12.4. The van der Waals surface area contributed by atoms with E-state index in [2.05, 4.69) is 4.99 Å². The minimum Gasteiger partial charge on any atom is -0.211 e. The molecule has 1 saturated heterocycles. The highest BCUT2D eigenvalue weighted by molar-refractivity contribution is 7.89. The van der Waals surface area contributed by atoms with Gasteiger partial charge in [0.1, 0.15) is 0 Å². The van der Waals surface area contributed by atoms with E-state index in [4.69, 9.17) is 23.2 Å². The second-order valence-electron chi connectivity index (χ2n) is 4.43. The molecule has 1 aromatic carbocycles. The molecule has 1 aliphatic heterocycles. The van der Waals surface area contributed by atoms with Gasteiger partial charge >= 0.3 is 0 Å². The van der Waals surface area contributed by atoms with Crippen LogP contribution in [0.3, 0.4) is 0 Å². The molecule has 0 spiro atoms. The average molecular weight is 335 g/mol. The molecule has 5 nitrogen and oxygen atoms in total. The van der Waals surface area contributed by atoms with Crippen LogP contribution in [0, 0.1) is 0 Å². The number of aliphatic imine (C=N–C) groups is 1. The number of rotatable bonds is 3. The minimum absolute atomic E-state index is 0.115. The van der Waals surface area contributed by atoms with Crippen molar-refractivity contribution in [2.45, 2.75) is 23.8 Å². The largest absolute Gasteiger partial charge is 0.243 e. The van der Waals surface area contributed by atoms with Gasteiger partial charge in [-0.25, -0.2) is 18.2 Å². The molecule has 8 heteroatoms. The Balaban J connectivity index is 2.19. The molecule has 1 aliphatic rings. The van der Waals surface area contributed by atoms with Crippen LogP contribution < -0.4 is 0 Å². The molecule has 1 heterocycles. The van der Waals surface area contributed by atoms with E-state index in [1.165, 1.54) is 28.6 Å². The molecular formula is C12H12Cl2N2O3S. The number of benzene rings is 1. The number of halogens is 2. The van der Waals surface area contributed by atoms with Crippen molar-refractivity contribution in [3.05, 3.63) is 28.2 Å². The molecule has 0 aromatic heterocycles. The van der Waals surface area contributed by atoms with Gasteiger partial charge in [0.05, 0.1) is 21.0 Å². The van der Waals surface area contributed by atoms with Gasteiger partial charge in [-0.1, -0.05) is 23.2 Å². The van der Waals surface area contributed by atoms with Crippen LogP contribution in [0.2, 0.25) is 10.0 Å². The average Bonchev–Trinajstić information content (AvgIpc) is 2.43. The Morgan fingerprint density at radius 2 is 1.85 bits per heavy atom. The quantitative estimate of drug-likeness (QED) is 0.630. The highest BCUT2D eigenvalue weighted by atomic mass is 35.5. The minimum atomic E-state index is -3.59. The Labute approximate surface area is 127 Å². The van der Waals surface area contributed by atoms with E-state index in [0.717, 1.165) is 0 Å². The third-order valence-corrected chi connectivity index (χ3v) is 5.82. The Hall–Kier alpha value is -0.910. The zero-order valence-electron chi connectivity index (χ0n) is 10.4. The van der Waals surface area contributed by atoms with Crippen LogP contribution in [0.15, 0.2) is 28.1 Å². The lowest BCUT2D eigenvalue weighted by atomic mass is 10.1. The highest BCUT2D eigenvalue weighted by Gasteiger charge is 2.29. The SMILES string of the molecule is O=C=NC1CCN(S(=O)(=O)c2ccc(Cl)c(Cl)c2)CC1. The molecule has 0 amide bonds. The van der Waals surface area contributed by atoms with E-state index < -0.39 is 10.0 Å². The van der Waals surface area contributed by atoms with Gasteiger partial charge in [-0.2, -0.15) is 4.31 Å². The maximum Gasteiger partial charge on any atom is 0.243 e. The fourth-order valence-corrected chi connectivity index (χ4v) is 3.93. The summed E-state index contributed by atoms with van der Waals surface area (Å²) in [7, 11) is -3.59. The van der Waals surface area contributed by atoms with Gasteiger partial charge in [-0.3, -0.25) is 0 Å². The van der Waals surface area contributed by atoms with Crippen LogP contribution in [-0.2, 0) is 14.8 Å². The summed E-state index contributed by atoms with van der Waals surface area (Å²) in [5.41, 5.74) is 0. The number of hydrogen-bond donors (Lipinski definition) is 0. The first-order chi connectivity index (χ1) is 9.45. The summed E-state index contributed by atoms with van der Waals surface area (Å²) in [6, 6.07) is 4.08. The van der Waals surface area contributed by atoms with Crippen LogP contribution >= 0.6 is 23.2 Å². The number of nitrogens with zero attached hydrogens (tertiary/aromatic N) is 2. The molecule has 1 fully saturated rings. The van der Waals surface area contributed by atoms with Gasteiger partial charge in [0.25, 0.3) is 0 Å². The predicted molar refractivity (Wildman–Crippen MR) is 76.4 cm³/mol.